The smallest absolute Gasteiger partial charge is 0.245 e. The molecule has 0 atom stereocenters. The van der Waals surface area contributed by atoms with Gasteiger partial charge in [0.15, 0.2) is 0 Å². The highest BCUT2D eigenvalue weighted by Crippen LogP contribution is 2.47. The molecule has 1 amide bonds. The summed E-state index contributed by atoms with van der Waals surface area (Å²) in [4.78, 5) is 21.8. The molecule has 4 nitrogen and oxygen atoms in total. The van der Waals surface area contributed by atoms with E-state index >= 15 is 0 Å². The Kier molecular flexibility index (Phi) is 6.35. The van der Waals surface area contributed by atoms with Crippen molar-refractivity contribution < 1.29 is 4.79 Å². The van der Waals surface area contributed by atoms with Crippen LogP contribution >= 0.6 is 11.8 Å². The predicted molar refractivity (Wildman–Crippen MR) is 109 cm³/mol. The normalized spacial score (nSPS) is 13.0. The molecule has 0 fully saturated rings. The van der Waals surface area contributed by atoms with E-state index < -0.39 is 0 Å². The van der Waals surface area contributed by atoms with Gasteiger partial charge in [-0.3, -0.25) is 14.6 Å². The van der Waals surface area contributed by atoms with Crippen LogP contribution in [0.3, 0.4) is 0 Å². The van der Waals surface area contributed by atoms with Gasteiger partial charge in [0.25, 0.3) is 0 Å². The summed E-state index contributed by atoms with van der Waals surface area (Å²) in [5.74, 6) is 0.118. The highest BCUT2D eigenvalue weighted by Gasteiger charge is 2.28. The summed E-state index contributed by atoms with van der Waals surface area (Å²) in [7, 11) is 2.03. The number of nitrogens with zero attached hydrogens (tertiary/aromatic N) is 3. The van der Waals surface area contributed by atoms with Gasteiger partial charge in [-0.15, -0.1) is 0 Å². The molecule has 2 aromatic rings. The average molecular weight is 370 g/mol. The molecule has 2 aromatic carbocycles. The fourth-order valence-corrected chi connectivity index (χ4v) is 4.26. The van der Waals surface area contributed by atoms with E-state index in [9.17, 15) is 4.79 Å². The molecule has 1 aliphatic heterocycles. The van der Waals surface area contributed by atoms with Gasteiger partial charge >= 0.3 is 0 Å². The number of amides is 1. The van der Waals surface area contributed by atoms with Crippen molar-refractivity contribution in [1.82, 2.24) is 9.80 Å². The summed E-state index contributed by atoms with van der Waals surface area (Å²) in [5, 5.41) is 0. The van der Waals surface area contributed by atoms with Crippen LogP contribution in [-0.2, 0) is 4.79 Å². The van der Waals surface area contributed by atoms with E-state index in [1.54, 1.807) is 11.8 Å². The Hall–Kier alpha value is -1.82. The second kappa shape index (κ2) is 8.71. The molecule has 5 heteroatoms. The monoisotopic (exact) mass is 369 g/mol. The Balaban J connectivity index is 1.77. The number of fused-ring (bicyclic) bond motifs is 2. The molecule has 1 aliphatic rings. The largest absolute Gasteiger partial charge is 0.303 e. The van der Waals surface area contributed by atoms with Crippen LogP contribution in [0.1, 0.15) is 13.8 Å². The summed E-state index contributed by atoms with van der Waals surface area (Å²) in [5.41, 5.74) is 1.97. The Morgan fingerprint density at radius 1 is 0.923 bits per heavy atom. The van der Waals surface area contributed by atoms with Crippen LogP contribution in [0.5, 0.6) is 0 Å². The van der Waals surface area contributed by atoms with Crippen LogP contribution in [0.15, 0.2) is 58.3 Å². The number of carbonyl (C=O) groups is 1. The van der Waals surface area contributed by atoms with E-state index in [0.29, 0.717) is 6.54 Å². The lowest BCUT2D eigenvalue weighted by atomic mass is 10.2. The summed E-state index contributed by atoms with van der Waals surface area (Å²) in [6, 6.07) is 16.3. The molecule has 0 saturated heterocycles. The first kappa shape index (κ1) is 19.0. The van der Waals surface area contributed by atoms with Crippen LogP contribution in [0, 0.1) is 0 Å². The molecule has 0 radical (unpaired) electrons. The molecule has 0 aliphatic carbocycles. The molecule has 0 spiro atoms. The topological polar surface area (TPSA) is 26.8 Å². The lowest BCUT2D eigenvalue weighted by Gasteiger charge is -2.32. The first-order valence-electron chi connectivity index (χ1n) is 9.23. The molecule has 0 unspecified atom stereocenters. The maximum Gasteiger partial charge on any atom is 0.245 e. The summed E-state index contributed by atoms with van der Waals surface area (Å²) in [6.07, 6.45) is 0. The maximum absolute atomic E-state index is 13.2. The van der Waals surface area contributed by atoms with E-state index in [0.717, 1.165) is 47.3 Å². The molecule has 0 N–H and O–H groups in total. The molecular weight excluding hydrogens is 342 g/mol. The highest BCUT2D eigenvalue weighted by molar-refractivity contribution is 7.99. The van der Waals surface area contributed by atoms with E-state index in [2.05, 4.69) is 35.8 Å². The molecule has 1 heterocycles. The number of hydrogen-bond donors (Lipinski definition) is 0. The van der Waals surface area contributed by atoms with Gasteiger partial charge in [-0.05, 0) is 44.4 Å². The van der Waals surface area contributed by atoms with Crippen LogP contribution in [0.25, 0.3) is 0 Å². The molecule has 138 valence electrons. The van der Waals surface area contributed by atoms with E-state index in [1.807, 2.05) is 48.3 Å². The quantitative estimate of drug-likeness (QED) is 0.734. The Morgan fingerprint density at radius 2 is 1.46 bits per heavy atom. The summed E-state index contributed by atoms with van der Waals surface area (Å²) >= 11 is 1.73. The van der Waals surface area contributed by atoms with E-state index in [-0.39, 0.29) is 5.91 Å². The van der Waals surface area contributed by atoms with Crippen molar-refractivity contribution in [3.05, 3.63) is 48.5 Å². The average Bonchev–Trinajstić information content (AvgIpc) is 2.66. The van der Waals surface area contributed by atoms with Crippen LogP contribution in [0.2, 0.25) is 0 Å². The summed E-state index contributed by atoms with van der Waals surface area (Å²) in [6.45, 7) is 8.72. The second-order valence-corrected chi connectivity index (χ2v) is 7.62. The van der Waals surface area contributed by atoms with E-state index in [1.165, 1.54) is 0 Å². The molecule has 0 aromatic heterocycles. The van der Waals surface area contributed by atoms with Gasteiger partial charge in [0.05, 0.1) is 17.9 Å². The third-order valence-corrected chi connectivity index (χ3v) is 5.91. The van der Waals surface area contributed by atoms with Crippen molar-refractivity contribution in [1.29, 1.82) is 0 Å². The van der Waals surface area contributed by atoms with Crippen molar-refractivity contribution in [2.45, 2.75) is 23.6 Å². The van der Waals surface area contributed by atoms with E-state index in [4.69, 9.17) is 0 Å². The van der Waals surface area contributed by atoms with Crippen molar-refractivity contribution in [2.75, 3.05) is 44.7 Å². The van der Waals surface area contributed by atoms with Crippen LogP contribution in [0.4, 0.5) is 11.4 Å². The second-order valence-electron chi connectivity index (χ2n) is 6.53. The van der Waals surface area contributed by atoms with Crippen LogP contribution in [-0.4, -0.2) is 55.5 Å². The van der Waals surface area contributed by atoms with Crippen molar-refractivity contribution in [2.24, 2.45) is 0 Å². The van der Waals surface area contributed by atoms with Crippen molar-refractivity contribution >= 4 is 29.0 Å². The number of anilines is 2. The van der Waals surface area contributed by atoms with Crippen LogP contribution < -0.4 is 4.90 Å². The molecule has 0 bridgehead atoms. The number of benzene rings is 2. The standard InChI is InChI=1S/C21H27N3OS/c1-4-23(5-2)15-14-22(3)16-21(25)24-17-10-6-8-12-19(17)26-20-13-9-7-11-18(20)24/h6-13H,4-5,14-16H2,1-3H3. The molecule has 26 heavy (non-hydrogen) atoms. The van der Waals surface area contributed by atoms with Gasteiger partial charge in [0.2, 0.25) is 5.91 Å². The molecule has 3 rings (SSSR count). The SMILES string of the molecule is CCN(CC)CCN(C)CC(=O)N1c2ccccc2Sc2ccccc21. The Labute approximate surface area is 160 Å². The van der Waals surface area contributed by atoms with Crippen molar-refractivity contribution in [3.8, 4) is 0 Å². The van der Waals surface area contributed by atoms with Crippen molar-refractivity contribution in [3.63, 3.8) is 0 Å². The zero-order chi connectivity index (χ0) is 18.5. The fraction of sp³-hybridized carbons (Fsp3) is 0.381. The predicted octanol–water partition coefficient (Wildman–Crippen LogP) is 4.09. The molecule has 0 saturated carbocycles. The number of hydrogen-bond acceptors (Lipinski definition) is 4. The number of para-hydroxylation sites is 2. The third-order valence-electron chi connectivity index (χ3n) is 4.78. The number of carbonyl (C=O) groups excluding carboxylic acids is 1. The first-order valence-corrected chi connectivity index (χ1v) is 10.1. The van der Waals surface area contributed by atoms with Gasteiger partial charge < -0.3 is 4.90 Å². The highest BCUT2D eigenvalue weighted by atomic mass is 32.2. The van der Waals surface area contributed by atoms with Gasteiger partial charge in [0, 0.05) is 22.9 Å². The minimum atomic E-state index is 0.118. The van der Waals surface area contributed by atoms with Gasteiger partial charge in [-0.25, -0.2) is 0 Å². The third kappa shape index (κ3) is 4.11. The van der Waals surface area contributed by atoms with Gasteiger partial charge in [0.1, 0.15) is 0 Å². The lowest BCUT2D eigenvalue weighted by Crippen LogP contribution is -2.40. The zero-order valence-electron chi connectivity index (χ0n) is 15.8. The number of rotatable bonds is 7. The van der Waals surface area contributed by atoms with Gasteiger partial charge in [-0.1, -0.05) is 49.9 Å². The van der Waals surface area contributed by atoms with Gasteiger partial charge in [-0.2, -0.15) is 0 Å². The fourth-order valence-electron chi connectivity index (χ4n) is 3.21. The summed E-state index contributed by atoms with van der Waals surface area (Å²) < 4.78 is 0. The first-order chi connectivity index (χ1) is 12.6. The molecular formula is C21H27N3OS. The minimum absolute atomic E-state index is 0.118. The number of likely N-dealkylation sites (N-methyl/N-ethyl adjacent to an activating group) is 2. The zero-order valence-corrected chi connectivity index (χ0v) is 16.6. The minimum Gasteiger partial charge on any atom is -0.303 e. The Bertz CT molecular complexity index is 715. The lowest BCUT2D eigenvalue weighted by molar-refractivity contribution is -0.118. The Morgan fingerprint density at radius 3 is 2.00 bits per heavy atom. The maximum atomic E-state index is 13.2.